The fourth-order valence-electron chi connectivity index (χ4n) is 4.32. The molecule has 1 aliphatic rings. The first kappa shape index (κ1) is 20.0. The van der Waals surface area contributed by atoms with E-state index in [9.17, 15) is 14.7 Å². The maximum absolute atomic E-state index is 13.0. The minimum atomic E-state index is -0.626. The van der Waals surface area contributed by atoms with Gasteiger partial charge in [0.2, 0.25) is 0 Å². The molecule has 1 amide bonds. The lowest BCUT2D eigenvalue weighted by Crippen LogP contribution is -2.30. The molecule has 1 aromatic heterocycles. The van der Waals surface area contributed by atoms with Crippen molar-refractivity contribution >= 4 is 28.4 Å². The summed E-state index contributed by atoms with van der Waals surface area (Å²) in [4.78, 5) is 27.5. The number of likely N-dealkylation sites (tertiary alicyclic amines) is 1. The molecule has 1 fully saturated rings. The van der Waals surface area contributed by atoms with E-state index < -0.39 is 17.7 Å². The second kappa shape index (κ2) is 7.82. The lowest BCUT2D eigenvalue weighted by molar-refractivity contribution is -0.139. The van der Waals surface area contributed by atoms with Crippen LogP contribution in [0.15, 0.2) is 60.3 Å². The molecule has 1 unspecified atom stereocenters. The van der Waals surface area contributed by atoms with Gasteiger partial charge >= 0.3 is 0 Å². The Morgan fingerprint density at radius 2 is 1.73 bits per heavy atom. The van der Waals surface area contributed by atoms with Crippen molar-refractivity contribution in [3.8, 4) is 0 Å². The first-order valence-electron chi connectivity index (χ1n) is 10.4. The van der Waals surface area contributed by atoms with Crippen molar-refractivity contribution in [2.45, 2.75) is 32.7 Å². The summed E-state index contributed by atoms with van der Waals surface area (Å²) in [7, 11) is 1.95. The van der Waals surface area contributed by atoms with Crippen LogP contribution >= 0.6 is 0 Å². The highest BCUT2D eigenvalue weighted by atomic mass is 16.3. The fourth-order valence-corrected chi connectivity index (χ4v) is 4.32. The van der Waals surface area contributed by atoms with Crippen molar-refractivity contribution in [1.29, 1.82) is 0 Å². The number of nitrogens with zero attached hydrogens (tertiary/aromatic N) is 2. The van der Waals surface area contributed by atoms with Gasteiger partial charge in [0.1, 0.15) is 5.76 Å². The van der Waals surface area contributed by atoms with Crippen molar-refractivity contribution in [3.63, 3.8) is 0 Å². The van der Waals surface area contributed by atoms with Crippen molar-refractivity contribution in [2.24, 2.45) is 7.05 Å². The van der Waals surface area contributed by atoms with Crippen LogP contribution in [0.4, 0.5) is 0 Å². The number of aromatic nitrogens is 1. The smallest absolute Gasteiger partial charge is 0.295 e. The molecule has 2 aromatic carbocycles. The van der Waals surface area contributed by atoms with Crippen molar-refractivity contribution < 1.29 is 14.7 Å². The van der Waals surface area contributed by atoms with Crippen molar-refractivity contribution in [3.05, 3.63) is 77.0 Å². The molecule has 154 valence electrons. The van der Waals surface area contributed by atoms with Crippen LogP contribution in [0, 0.1) is 0 Å². The third-order valence-electron chi connectivity index (χ3n) is 5.86. The highest BCUT2D eigenvalue weighted by Crippen LogP contribution is 2.42. The number of carbonyl (C=O) groups excluding carboxylic acids is 2. The molecule has 0 radical (unpaired) electrons. The van der Waals surface area contributed by atoms with E-state index in [1.54, 1.807) is 4.90 Å². The molecule has 0 spiro atoms. The predicted octanol–water partition coefficient (Wildman–Crippen LogP) is 4.57. The van der Waals surface area contributed by atoms with Gasteiger partial charge in [0.05, 0.1) is 11.6 Å². The van der Waals surface area contributed by atoms with E-state index in [1.807, 2.05) is 73.3 Å². The van der Waals surface area contributed by atoms with Crippen LogP contribution < -0.4 is 0 Å². The lowest BCUT2D eigenvalue weighted by Gasteiger charge is -2.24. The molecule has 1 atom stereocenters. The summed E-state index contributed by atoms with van der Waals surface area (Å²) in [6.45, 7) is 4.48. The van der Waals surface area contributed by atoms with E-state index in [-0.39, 0.29) is 11.3 Å². The summed E-state index contributed by atoms with van der Waals surface area (Å²) in [5.74, 6) is -1.30. The number of hydrogen-bond acceptors (Lipinski definition) is 3. The molecule has 4 rings (SSSR count). The van der Waals surface area contributed by atoms with Gasteiger partial charge in [-0.2, -0.15) is 0 Å². The molecule has 0 aliphatic carbocycles. The lowest BCUT2D eigenvalue weighted by atomic mass is 9.94. The second-order valence-electron chi connectivity index (χ2n) is 7.76. The number of rotatable bonds is 5. The highest BCUT2D eigenvalue weighted by Gasteiger charge is 2.46. The standard InChI is InChI=1S/C25H26N2O3/c1-4-14-27-22(19-15-26(3)20-9-7-6-8-18(19)20)21(24(29)25(27)30)23(28)17-12-10-16(5-2)11-13-17/h6-13,15,22,28H,4-5,14H2,1-3H3/b23-21+. The predicted molar refractivity (Wildman–Crippen MR) is 118 cm³/mol. The molecule has 2 heterocycles. The van der Waals surface area contributed by atoms with Gasteiger partial charge in [-0.15, -0.1) is 0 Å². The van der Waals surface area contributed by atoms with Crippen molar-refractivity contribution in [2.75, 3.05) is 6.54 Å². The van der Waals surface area contributed by atoms with Crippen LogP contribution in [0.5, 0.6) is 0 Å². The molecule has 3 aromatic rings. The summed E-state index contributed by atoms with van der Waals surface area (Å²) in [6, 6.07) is 14.8. The normalized spacial score (nSPS) is 18.5. The van der Waals surface area contributed by atoms with E-state index in [2.05, 4.69) is 6.92 Å². The number of amides is 1. The van der Waals surface area contributed by atoms with Crippen molar-refractivity contribution in [1.82, 2.24) is 9.47 Å². The summed E-state index contributed by atoms with van der Waals surface area (Å²) in [6.07, 6.45) is 3.56. The maximum atomic E-state index is 13.0. The first-order valence-corrected chi connectivity index (χ1v) is 10.4. The number of Topliss-reactive ketones (excluding diaryl/α,β-unsaturated/α-hetero) is 1. The molecular formula is C25H26N2O3. The zero-order valence-corrected chi connectivity index (χ0v) is 17.6. The number of ketones is 1. The SMILES string of the molecule is CCCN1C(=O)C(=O)/C(=C(/O)c2ccc(CC)cc2)C1c1cn(C)c2ccccc12. The van der Waals surface area contributed by atoms with Crippen LogP contribution in [0.25, 0.3) is 16.7 Å². The summed E-state index contributed by atoms with van der Waals surface area (Å²) < 4.78 is 1.99. The Bertz CT molecular complexity index is 1150. The number of aryl methyl sites for hydroxylation is 2. The maximum Gasteiger partial charge on any atom is 0.295 e. The van der Waals surface area contributed by atoms with Gasteiger partial charge in [-0.05, 0) is 24.5 Å². The number of para-hydroxylation sites is 1. The quantitative estimate of drug-likeness (QED) is 0.386. The average molecular weight is 402 g/mol. The highest BCUT2D eigenvalue weighted by molar-refractivity contribution is 6.46. The van der Waals surface area contributed by atoms with Gasteiger partial charge < -0.3 is 14.6 Å². The van der Waals surface area contributed by atoms with Gasteiger partial charge in [0, 0.05) is 41.8 Å². The number of benzene rings is 2. The largest absolute Gasteiger partial charge is 0.507 e. The van der Waals surface area contributed by atoms with Gasteiger partial charge in [0.15, 0.2) is 0 Å². The van der Waals surface area contributed by atoms with Gasteiger partial charge in [0.25, 0.3) is 11.7 Å². The van der Waals surface area contributed by atoms with E-state index in [1.165, 1.54) is 0 Å². The number of aliphatic hydroxyl groups excluding tert-OH is 1. The number of fused-ring (bicyclic) bond motifs is 1. The molecule has 1 saturated heterocycles. The van der Waals surface area contributed by atoms with E-state index in [0.717, 1.165) is 34.9 Å². The van der Waals surface area contributed by atoms with Crippen LogP contribution in [0.1, 0.15) is 43.0 Å². The van der Waals surface area contributed by atoms with Crippen LogP contribution in [0.2, 0.25) is 0 Å². The Morgan fingerprint density at radius 1 is 1.03 bits per heavy atom. The summed E-state index contributed by atoms with van der Waals surface area (Å²) in [5.41, 5.74) is 3.72. The summed E-state index contributed by atoms with van der Waals surface area (Å²) in [5, 5.41) is 12.1. The van der Waals surface area contributed by atoms with Crippen LogP contribution in [-0.4, -0.2) is 32.8 Å². The molecular weight excluding hydrogens is 376 g/mol. The zero-order valence-electron chi connectivity index (χ0n) is 17.6. The Hall–Kier alpha value is -3.34. The summed E-state index contributed by atoms with van der Waals surface area (Å²) >= 11 is 0. The first-order chi connectivity index (χ1) is 14.5. The molecule has 1 N–H and O–H groups in total. The Labute approximate surface area is 176 Å². The monoisotopic (exact) mass is 402 g/mol. The average Bonchev–Trinajstić information content (AvgIpc) is 3.23. The molecule has 5 nitrogen and oxygen atoms in total. The third kappa shape index (κ3) is 3.11. The number of carbonyl (C=O) groups is 2. The van der Waals surface area contributed by atoms with Gasteiger partial charge in [-0.25, -0.2) is 0 Å². The van der Waals surface area contributed by atoms with Crippen LogP contribution in [-0.2, 0) is 23.1 Å². The molecule has 30 heavy (non-hydrogen) atoms. The van der Waals surface area contributed by atoms with E-state index in [0.29, 0.717) is 12.1 Å². The topological polar surface area (TPSA) is 62.5 Å². The van der Waals surface area contributed by atoms with E-state index >= 15 is 0 Å². The Balaban J connectivity index is 1.94. The Kier molecular flexibility index (Phi) is 5.20. The van der Waals surface area contributed by atoms with Crippen LogP contribution in [0.3, 0.4) is 0 Å². The molecule has 1 aliphatic heterocycles. The minimum absolute atomic E-state index is 0.118. The minimum Gasteiger partial charge on any atom is -0.507 e. The second-order valence-corrected chi connectivity index (χ2v) is 7.76. The van der Waals surface area contributed by atoms with E-state index in [4.69, 9.17) is 0 Å². The molecule has 5 heteroatoms. The number of hydrogen-bond donors (Lipinski definition) is 1. The zero-order chi connectivity index (χ0) is 21.4. The number of aliphatic hydroxyl groups is 1. The Morgan fingerprint density at radius 3 is 2.40 bits per heavy atom. The van der Waals surface area contributed by atoms with Gasteiger partial charge in [-0.3, -0.25) is 9.59 Å². The fraction of sp³-hybridized carbons (Fsp3) is 0.280. The molecule has 0 bridgehead atoms. The van der Waals surface area contributed by atoms with Gasteiger partial charge in [-0.1, -0.05) is 56.3 Å². The molecule has 0 saturated carbocycles. The third-order valence-corrected chi connectivity index (χ3v) is 5.86.